The standard InChI is InChI=1S/C14H15F4N5O3/c15-13(4-26-7(3-24)9(13)25)23-5-19-8-10(20-6-1-2-6)21-12(14(16,17)18)22-11(8)23/h5-7,9,24-25H,1-4H2,(H,20,21,22)/t7-,9-,13-/m1/s1. The highest BCUT2D eigenvalue weighted by Gasteiger charge is 2.52. The molecule has 0 amide bonds. The Balaban J connectivity index is 1.86. The first-order valence-electron chi connectivity index (χ1n) is 7.93. The summed E-state index contributed by atoms with van der Waals surface area (Å²) in [4.78, 5) is 10.8. The van der Waals surface area contributed by atoms with E-state index < -0.39 is 48.9 Å². The van der Waals surface area contributed by atoms with Crippen LogP contribution in [0.25, 0.3) is 11.2 Å². The van der Waals surface area contributed by atoms with E-state index in [1.165, 1.54) is 0 Å². The van der Waals surface area contributed by atoms with Crippen LogP contribution in [-0.4, -0.2) is 61.2 Å². The quantitative estimate of drug-likeness (QED) is 0.677. The molecule has 0 spiro atoms. The molecular formula is C14H15F4N5O3. The summed E-state index contributed by atoms with van der Waals surface area (Å²) in [6.45, 7) is -1.31. The number of hydrogen-bond donors (Lipinski definition) is 3. The summed E-state index contributed by atoms with van der Waals surface area (Å²) in [5, 5.41) is 22.1. The molecule has 0 bridgehead atoms. The summed E-state index contributed by atoms with van der Waals surface area (Å²) in [7, 11) is 0. The molecule has 12 heteroatoms. The lowest BCUT2D eigenvalue weighted by atomic mass is 10.1. The Morgan fingerprint density at radius 1 is 1.35 bits per heavy atom. The van der Waals surface area contributed by atoms with Gasteiger partial charge in [0.1, 0.15) is 18.8 Å². The Bertz CT molecular complexity index is 840. The van der Waals surface area contributed by atoms with Crippen LogP contribution in [0.3, 0.4) is 0 Å². The normalized spacial score (nSPS) is 29.5. The minimum atomic E-state index is -4.84. The molecular weight excluding hydrogens is 362 g/mol. The third kappa shape index (κ3) is 2.68. The van der Waals surface area contributed by atoms with Crippen molar-refractivity contribution in [3.8, 4) is 0 Å². The van der Waals surface area contributed by atoms with Crippen LogP contribution >= 0.6 is 0 Å². The molecule has 1 aliphatic heterocycles. The summed E-state index contributed by atoms with van der Waals surface area (Å²) in [6, 6.07) is -0.0159. The van der Waals surface area contributed by atoms with Crippen LogP contribution in [0, 0.1) is 0 Å². The number of hydrogen-bond acceptors (Lipinski definition) is 7. The Labute approximate surface area is 143 Å². The van der Waals surface area contributed by atoms with Crippen LogP contribution in [0.15, 0.2) is 6.33 Å². The maximum atomic E-state index is 15.3. The fourth-order valence-electron chi connectivity index (χ4n) is 2.87. The Hall–Kier alpha value is -2.05. The van der Waals surface area contributed by atoms with Gasteiger partial charge in [-0.15, -0.1) is 0 Å². The second kappa shape index (κ2) is 5.72. The molecule has 3 atom stereocenters. The predicted molar refractivity (Wildman–Crippen MR) is 78.9 cm³/mol. The van der Waals surface area contributed by atoms with Gasteiger partial charge in [0.25, 0.3) is 0 Å². The number of nitrogens with zero attached hydrogens (tertiary/aromatic N) is 4. The van der Waals surface area contributed by atoms with Gasteiger partial charge in [-0.05, 0) is 12.8 Å². The van der Waals surface area contributed by atoms with Crippen molar-refractivity contribution in [3.05, 3.63) is 12.2 Å². The van der Waals surface area contributed by atoms with E-state index in [4.69, 9.17) is 9.84 Å². The number of anilines is 1. The van der Waals surface area contributed by atoms with Crippen molar-refractivity contribution in [2.24, 2.45) is 0 Å². The number of aliphatic hydroxyl groups excluding tert-OH is 2. The topological polar surface area (TPSA) is 105 Å². The number of nitrogens with one attached hydrogen (secondary N) is 1. The van der Waals surface area contributed by atoms with Gasteiger partial charge in [0.05, 0.1) is 12.9 Å². The lowest BCUT2D eigenvalue weighted by molar-refractivity contribution is -0.144. The van der Waals surface area contributed by atoms with Gasteiger partial charge in [-0.2, -0.15) is 13.2 Å². The molecule has 0 aromatic carbocycles. The van der Waals surface area contributed by atoms with Crippen LogP contribution in [0.2, 0.25) is 0 Å². The van der Waals surface area contributed by atoms with Crippen LogP contribution in [-0.2, 0) is 16.7 Å². The van der Waals surface area contributed by atoms with Crippen LogP contribution in [0.5, 0.6) is 0 Å². The molecule has 2 aliphatic rings. The lowest BCUT2D eigenvalue weighted by Gasteiger charge is -2.25. The van der Waals surface area contributed by atoms with Crippen LogP contribution < -0.4 is 5.32 Å². The second-order valence-corrected chi connectivity index (χ2v) is 6.39. The molecule has 2 aromatic rings. The zero-order valence-corrected chi connectivity index (χ0v) is 13.2. The molecule has 0 radical (unpaired) electrons. The van der Waals surface area contributed by atoms with E-state index in [0.717, 1.165) is 19.2 Å². The summed E-state index contributed by atoms with van der Waals surface area (Å²) in [6.07, 6.45) is -5.33. The van der Waals surface area contributed by atoms with Crippen molar-refractivity contribution in [2.45, 2.75) is 43.1 Å². The van der Waals surface area contributed by atoms with E-state index >= 15 is 4.39 Å². The number of fused-ring (bicyclic) bond motifs is 1. The predicted octanol–water partition coefficient (Wildman–Crippen LogP) is 0.794. The first-order chi connectivity index (χ1) is 12.2. The van der Waals surface area contributed by atoms with Gasteiger partial charge in [0, 0.05) is 6.04 Å². The lowest BCUT2D eigenvalue weighted by Crippen LogP contribution is -2.43. The highest BCUT2D eigenvalue weighted by Crippen LogP contribution is 2.38. The molecule has 8 nitrogen and oxygen atoms in total. The zero-order valence-electron chi connectivity index (χ0n) is 13.2. The summed E-state index contributed by atoms with van der Waals surface area (Å²) in [5.41, 5.74) is -0.458. The number of rotatable bonds is 4. The average Bonchev–Trinajstić information content (AvgIpc) is 3.20. The second-order valence-electron chi connectivity index (χ2n) is 6.39. The van der Waals surface area contributed by atoms with Crippen molar-refractivity contribution in [3.63, 3.8) is 0 Å². The third-order valence-corrected chi connectivity index (χ3v) is 4.45. The molecule has 2 aromatic heterocycles. The van der Waals surface area contributed by atoms with E-state index in [1.54, 1.807) is 0 Å². The monoisotopic (exact) mass is 377 g/mol. The average molecular weight is 377 g/mol. The molecule has 3 N–H and O–H groups in total. The van der Waals surface area contributed by atoms with Crippen molar-refractivity contribution in [1.82, 2.24) is 19.5 Å². The van der Waals surface area contributed by atoms with E-state index in [2.05, 4.69) is 20.3 Å². The smallest absolute Gasteiger partial charge is 0.394 e. The van der Waals surface area contributed by atoms with Gasteiger partial charge >= 0.3 is 6.18 Å². The maximum Gasteiger partial charge on any atom is 0.451 e. The van der Waals surface area contributed by atoms with Gasteiger partial charge in [0.15, 0.2) is 17.0 Å². The van der Waals surface area contributed by atoms with Crippen LogP contribution in [0.4, 0.5) is 23.4 Å². The fraction of sp³-hybridized carbons (Fsp3) is 0.643. The molecule has 1 saturated carbocycles. The maximum absolute atomic E-state index is 15.3. The van der Waals surface area contributed by atoms with E-state index in [-0.39, 0.29) is 17.4 Å². The minimum Gasteiger partial charge on any atom is -0.394 e. The van der Waals surface area contributed by atoms with Crippen molar-refractivity contribution in [1.29, 1.82) is 0 Å². The molecule has 26 heavy (non-hydrogen) atoms. The molecule has 142 valence electrons. The Kier molecular flexibility index (Phi) is 3.82. The summed E-state index contributed by atoms with van der Waals surface area (Å²) in [5.74, 6) is -4.19. The molecule has 2 fully saturated rings. The van der Waals surface area contributed by atoms with Crippen molar-refractivity contribution in [2.75, 3.05) is 18.5 Å². The first-order valence-corrected chi connectivity index (χ1v) is 7.93. The summed E-state index contributed by atoms with van der Waals surface area (Å²) < 4.78 is 60.6. The zero-order chi connectivity index (χ0) is 18.7. The fourth-order valence-corrected chi connectivity index (χ4v) is 2.87. The van der Waals surface area contributed by atoms with Gasteiger partial charge in [-0.25, -0.2) is 19.3 Å². The van der Waals surface area contributed by atoms with E-state index in [9.17, 15) is 18.3 Å². The van der Waals surface area contributed by atoms with Crippen molar-refractivity contribution >= 4 is 17.0 Å². The molecule has 3 heterocycles. The first kappa shape index (κ1) is 17.4. The van der Waals surface area contributed by atoms with E-state index in [0.29, 0.717) is 4.57 Å². The third-order valence-electron chi connectivity index (χ3n) is 4.45. The minimum absolute atomic E-state index is 0.0159. The van der Waals surface area contributed by atoms with Gasteiger partial charge in [-0.1, -0.05) is 0 Å². The highest BCUT2D eigenvalue weighted by molar-refractivity contribution is 5.83. The van der Waals surface area contributed by atoms with Crippen molar-refractivity contribution < 1.29 is 32.5 Å². The Morgan fingerprint density at radius 2 is 2.08 bits per heavy atom. The number of alkyl halides is 4. The number of ether oxygens (including phenoxy) is 1. The summed E-state index contributed by atoms with van der Waals surface area (Å²) >= 11 is 0. The van der Waals surface area contributed by atoms with Gasteiger partial charge < -0.3 is 20.3 Å². The highest BCUT2D eigenvalue weighted by atomic mass is 19.4. The molecule has 4 rings (SSSR count). The molecule has 0 unspecified atom stereocenters. The van der Waals surface area contributed by atoms with Gasteiger partial charge in [-0.3, -0.25) is 4.57 Å². The largest absolute Gasteiger partial charge is 0.451 e. The molecule has 1 aliphatic carbocycles. The SMILES string of the molecule is OC[C@H]1OC[C@@](F)(n2cnc3c(NC4CC4)nc(C(F)(F)F)nc32)[C@@H]1O. The number of aliphatic hydroxyl groups is 2. The van der Waals surface area contributed by atoms with Gasteiger partial charge in [0.2, 0.25) is 11.6 Å². The van der Waals surface area contributed by atoms with Crippen LogP contribution in [0.1, 0.15) is 18.7 Å². The number of halogens is 4. The Morgan fingerprint density at radius 3 is 2.65 bits per heavy atom. The molecule has 1 saturated heterocycles. The number of imidazole rings is 1. The number of aromatic nitrogens is 4. The van der Waals surface area contributed by atoms with E-state index in [1.807, 2.05) is 0 Å².